The molecule has 2 amide bonds. The van der Waals surface area contributed by atoms with Gasteiger partial charge in [0.25, 0.3) is 0 Å². The number of rotatable bonds is 0. The zero-order valence-electron chi connectivity index (χ0n) is 20.6. The summed E-state index contributed by atoms with van der Waals surface area (Å²) in [5.41, 5.74) is -0.650. The number of hydrogen-bond donors (Lipinski definition) is 2. The van der Waals surface area contributed by atoms with Crippen LogP contribution in [0.4, 0.5) is 5.69 Å². The van der Waals surface area contributed by atoms with E-state index in [1.807, 2.05) is 26.0 Å². The van der Waals surface area contributed by atoms with Crippen molar-refractivity contribution in [3.05, 3.63) is 23.3 Å². The molecule has 7 heteroatoms. The van der Waals surface area contributed by atoms with Gasteiger partial charge in [-0.1, -0.05) is 26.8 Å². The van der Waals surface area contributed by atoms with Crippen molar-refractivity contribution in [2.75, 3.05) is 18.4 Å². The maximum absolute atomic E-state index is 14.0. The summed E-state index contributed by atoms with van der Waals surface area (Å²) < 4.78 is 6.14. The Hall–Kier alpha value is -2.41. The highest BCUT2D eigenvalue weighted by Gasteiger charge is 2.78. The molecule has 1 aromatic carbocycles. The van der Waals surface area contributed by atoms with E-state index in [2.05, 4.69) is 36.3 Å². The number of piperidine rings is 2. The van der Waals surface area contributed by atoms with E-state index < -0.39 is 27.5 Å². The van der Waals surface area contributed by atoms with Crippen molar-refractivity contribution < 1.29 is 19.1 Å². The number of benzene rings is 1. The van der Waals surface area contributed by atoms with Gasteiger partial charge in [0.2, 0.25) is 11.8 Å². The number of hydrogen-bond acceptors (Lipinski definition) is 5. The van der Waals surface area contributed by atoms with Crippen molar-refractivity contribution in [3.8, 4) is 5.75 Å². The number of nitrogens with zero attached hydrogens (tertiary/aromatic N) is 1. The first-order valence-corrected chi connectivity index (χ1v) is 12.7. The van der Waals surface area contributed by atoms with E-state index >= 15 is 0 Å². The van der Waals surface area contributed by atoms with Crippen LogP contribution in [0.1, 0.15) is 76.2 Å². The molecule has 2 N–H and O–H groups in total. The van der Waals surface area contributed by atoms with Crippen molar-refractivity contribution in [1.82, 2.24) is 10.2 Å². The Morgan fingerprint density at radius 3 is 2.62 bits per heavy atom. The number of ether oxygens (including phenoxy) is 1. The third-order valence-corrected chi connectivity index (χ3v) is 10.7. The number of ketones is 1. The molecule has 6 aliphatic heterocycles. The number of nitrogens with one attached hydrogen (secondary N) is 2. The van der Waals surface area contributed by atoms with Gasteiger partial charge >= 0.3 is 0 Å². The van der Waals surface area contributed by atoms with E-state index in [9.17, 15) is 14.4 Å². The van der Waals surface area contributed by atoms with Gasteiger partial charge in [-0.2, -0.15) is 0 Å². The maximum atomic E-state index is 14.0. The third kappa shape index (κ3) is 2.01. The predicted molar refractivity (Wildman–Crippen MR) is 126 cm³/mol. The number of piperazine rings is 1. The minimum Gasteiger partial charge on any atom is -0.487 e. The normalized spacial score (nSPS) is 42.6. The van der Waals surface area contributed by atoms with Gasteiger partial charge in [-0.15, -0.1) is 0 Å². The molecule has 1 aromatic rings. The van der Waals surface area contributed by atoms with Gasteiger partial charge in [0.1, 0.15) is 16.9 Å². The second-order valence-electron chi connectivity index (χ2n) is 13.0. The van der Waals surface area contributed by atoms with Crippen LogP contribution < -0.4 is 15.4 Å². The monoisotopic (exact) mass is 463 g/mol. The summed E-state index contributed by atoms with van der Waals surface area (Å²) in [6.45, 7) is 12.2. The predicted octanol–water partition coefficient (Wildman–Crippen LogP) is 3.02. The van der Waals surface area contributed by atoms with Gasteiger partial charge in [-0.25, -0.2) is 0 Å². The van der Waals surface area contributed by atoms with Crippen molar-refractivity contribution in [2.24, 2.45) is 17.3 Å². The fraction of sp³-hybridized carbons (Fsp3) is 0.667. The van der Waals surface area contributed by atoms with Gasteiger partial charge in [0.15, 0.2) is 5.78 Å². The molecule has 7 aliphatic rings. The molecule has 180 valence electrons. The van der Waals surface area contributed by atoms with Gasteiger partial charge in [0.05, 0.1) is 28.6 Å². The highest BCUT2D eigenvalue weighted by molar-refractivity contribution is 6.15. The van der Waals surface area contributed by atoms with Gasteiger partial charge < -0.3 is 15.4 Å². The van der Waals surface area contributed by atoms with Crippen LogP contribution in [-0.2, 0) is 15.0 Å². The summed E-state index contributed by atoms with van der Waals surface area (Å²) in [7, 11) is 0. The van der Waals surface area contributed by atoms with Crippen LogP contribution in [-0.4, -0.2) is 52.3 Å². The molecule has 6 heterocycles. The van der Waals surface area contributed by atoms with Crippen LogP contribution in [0.25, 0.3) is 0 Å². The van der Waals surface area contributed by atoms with Crippen LogP contribution in [0, 0.1) is 17.3 Å². The Balaban J connectivity index is 1.41. The summed E-state index contributed by atoms with van der Waals surface area (Å²) in [6.07, 6.45) is 2.66. The zero-order chi connectivity index (χ0) is 24.1. The van der Waals surface area contributed by atoms with Crippen molar-refractivity contribution in [2.45, 2.75) is 82.4 Å². The summed E-state index contributed by atoms with van der Waals surface area (Å²) in [6, 6.07) is 3.87. The molecular weight excluding hydrogens is 430 g/mol. The van der Waals surface area contributed by atoms with E-state index in [4.69, 9.17) is 4.74 Å². The molecule has 34 heavy (non-hydrogen) atoms. The Bertz CT molecular complexity index is 1220. The lowest BCUT2D eigenvalue weighted by atomic mass is 9.56. The smallest absolute Gasteiger partial charge is 0.241 e. The van der Waals surface area contributed by atoms with Crippen LogP contribution >= 0.6 is 0 Å². The molecule has 1 saturated carbocycles. The number of carbonyl (C=O) groups is 3. The lowest BCUT2D eigenvalue weighted by Crippen LogP contribution is -2.79. The van der Waals surface area contributed by atoms with Crippen molar-refractivity contribution in [1.29, 1.82) is 0 Å². The molecule has 4 saturated heterocycles. The summed E-state index contributed by atoms with van der Waals surface area (Å²) in [4.78, 5) is 43.2. The number of anilines is 1. The van der Waals surface area contributed by atoms with Gasteiger partial charge in [-0.3, -0.25) is 19.3 Å². The highest BCUT2D eigenvalue weighted by Crippen LogP contribution is 2.70. The Kier molecular flexibility index (Phi) is 3.50. The Morgan fingerprint density at radius 1 is 1.09 bits per heavy atom. The fourth-order valence-electron chi connectivity index (χ4n) is 9.09. The fourth-order valence-corrected chi connectivity index (χ4v) is 9.09. The van der Waals surface area contributed by atoms with Gasteiger partial charge in [0, 0.05) is 6.54 Å². The van der Waals surface area contributed by atoms with Crippen LogP contribution in [0.3, 0.4) is 0 Å². The van der Waals surface area contributed by atoms with E-state index in [-0.39, 0.29) is 29.9 Å². The standard InChI is InChI=1S/C27H33N3O4/c1-14-8-9-30-13-25-12-26(24(4,5)18(25)11-27(14,30)22(33)29-25)15-6-7-17-19(20(15)28-21(26)32)16(31)10-23(2,3)34-17/h6-7,14,18H,8-13H2,1-5H3,(H,28,32)(H,29,33)/t14-,18-,25+,26+,27+/m0/s1. The largest absolute Gasteiger partial charge is 0.487 e. The van der Waals surface area contributed by atoms with E-state index in [1.54, 1.807) is 0 Å². The highest BCUT2D eigenvalue weighted by atomic mass is 16.5. The summed E-state index contributed by atoms with van der Waals surface area (Å²) in [5, 5.41) is 6.61. The van der Waals surface area contributed by atoms with Crippen LogP contribution in [0.2, 0.25) is 0 Å². The summed E-state index contributed by atoms with van der Waals surface area (Å²) in [5.74, 6) is 1.12. The van der Waals surface area contributed by atoms with E-state index in [0.29, 0.717) is 29.3 Å². The SMILES string of the molecule is C[C@H]1CCN2C[C@]34C[C@@]5(C(=O)Nc6c5ccc5c6C(=O)CC(C)(C)O5)C(C)(C)[C@@H]3C[C@]12C(=O)N4. The molecule has 5 fully saturated rings. The molecular formula is C27H33N3O4. The Morgan fingerprint density at radius 2 is 1.85 bits per heavy atom. The lowest BCUT2D eigenvalue weighted by molar-refractivity contribution is -0.160. The molecule has 8 rings (SSSR count). The van der Waals surface area contributed by atoms with Crippen molar-refractivity contribution in [3.63, 3.8) is 0 Å². The zero-order valence-corrected chi connectivity index (χ0v) is 20.6. The lowest BCUT2D eigenvalue weighted by Gasteiger charge is -2.61. The molecule has 0 aromatic heterocycles. The third-order valence-electron chi connectivity index (χ3n) is 10.7. The molecule has 7 nitrogen and oxygen atoms in total. The maximum Gasteiger partial charge on any atom is 0.241 e. The quantitative estimate of drug-likeness (QED) is 0.618. The first kappa shape index (κ1) is 20.9. The number of fused-ring (bicyclic) bond motifs is 5. The number of Topliss-reactive ketones (excluding diaryl/α,β-unsaturated/α-hetero) is 1. The summed E-state index contributed by atoms with van der Waals surface area (Å²) >= 11 is 0. The molecule has 3 spiro atoms. The van der Waals surface area contributed by atoms with Crippen LogP contribution in [0.5, 0.6) is 5.75 Å². The minimum atomic E-state index is -0.808. The average molecular weight is 464 g/mol. The number of carbonyl (C=O) groups excluding carboxylic acids is 3. The molecule has 0 unspecified atom stereocenters. The molecule has 0 radical (unpaired) electrons. The minimum absolute atomic E-state index is 0.00872. The number of amides is 2. The first-order valence-electron chi connectivity index (χ1n) is 12.7. The second-order valence-corrected chi connectivity index (χ2v) is 13.0. The molecule has 1 aliphatic carbocycles. The Labute approximate surface area is 200 Å². The van der Waals surface area contributed by atoms with E-state index in [0.717, 1.165) is 31.5 Å². The van der Waals surface area contributed by atoms with Crippen molar-refractivity contribution >= 4 is 23.3 Å². The second kappa shape index (κ2) is 5.69. The average Bonchev–Trinajstić information content (AvgIpc) is 3.28. The first-order chi connectivity index (χ1) is 15.9. The topological polar surface area (TPSA) is 87.7 Å². The molecule has 2 bridgehead atoms. The van der Waals surface area contributed by atoms with E-state index in [1.165, 1.54) is 0 Å². The van der Waals surface area contributed by atoms with Crippen LogP contribution in [0.15, 0.2) is 12.1 Å². The molecule has 5 atom stereocenters. The van der Waals surface area contributed by atoms with Gasteiger partial charge in [-0.05, 0) is 68.5 Å².